The van der Waals surface area contributed by atoms with E-state index < -0.39 is 0 Å². The van der Waals surface area contributed by atoms with E-state index in [1.54, 1.807) is 11.1 Å². The third kappa shape index (κ3) is 3.65. The molecule has 0 N–H and O–H groups in total. The number of fused-ring (bicyclic) bond motifs is 3. The topological polar surface area (TPSA) is 0 Å². The monoisotopic (exact) mass is 412 g/mol. The molecule has 3 rings (SSSR count). The quantitative estimate of drug-likeness (QED) is 0.387. The molecule has 0 unspecified atom stereocenters. The number of aryl methyl sites for hydroxylation is 1. The second-order valence-corrected chi connectivity index (χ2v) is 8.88. The lowest BCUT2D eigenvalue weighted by molar-refractivity contribution is 0.414. The second kappa shape index (κ2) is 8.74. The molecule has 0 saturated carbocycles. The number of hydrogen-bond donors (Lipinski definition) is 0. The van der Waals surface area contributed by atoms with Gasteiger partial charge < -0.3 is 0 Å². The molecule has 0 aliphatic heterocycles. The van der Waals surface area contributed by atoms with Gasteiger partial charge in [0.05, 0.1) is 0 Å². The molecule has 0 bridgehead atoms. The minimum absolute atomic E-state index is 0.211. The maximum Gasteiger partial charge on any atom is 0.0215 e. The Kier molecular flexibility index (Phi) is 6.61. The van der Waals surface area contributed by atoms with Crippen LogP contribution in [-0.2, 0) is 11.8 Å². The predicted octanol–water partition coefficient (Wildman–Crippen LogP) is 8.44. The smallest absolute Gasteiger partial charge is 0.0215 e. The van der Waals surface area contributed by atoms with Gasteiger partial charge in [0.1, 0.15) is 0 Å². The van der Waals surface area contributed by atoms with Gasteiger partial charge in [0.2, 0.25) is 0 Å². The summed E-state index contributed by atoms with van der Waals surface area (Å²) in [6.07, 6.45) is 11.4. The van der Waals surface area contributed by atoms with Crippen LogP contribution in [0.15, 0.2) is 40.9 Å². The summed E-state index contributed by atoms with van der Waals surface area (Å²) in [5.41, 5.74) is 7.87. The highest BCUT2D eigenvalue weighted by Crippen LogP contribution is 2.54. The lowest BCUT2D eigenvalue weighted by atomic mass is 9.70. The summed E-state index contributed by atoms with van der Waals surface area (Å²) in [4.78, 5) is 0. The Labute approximate surface area is 168 Å². The molecule has 2 aromatic rings. The van der Waals surface area contributed by atoms with Gasteiger partial charge in [-0.05, 0) is 65.6 Å². The summed E-state index contributed by atoms with van der Waals surface area (Å²) < 4.78 is 1.22. The highest BCUT2D eigenvalue weighted by molar-refractivity contribution is 9.10. The lowest BCUT2D eigenvalue weighted by Crippen LogP contribution is -2.25. The first-order valence-corrected chi connectivity index (χ1v) is 11.4. The molecule has 0 nitrogen and oxygen atoms in total. The van der Waals surface area contributed by atoms with Crippen molar-refractivity contribution in [3.8, 4) is 11.1 Å². The van der Waals surface area contributed by atoms with Crippen molar-refractivity contribution in [2.75, 3.05) is 0 Å². The Morgan fingerprint density at radius 1 is 0.731 bits per heavy atom. The van der Waals surface area contributed by atoms with Crippen LogP contribution in [-0.4, -0.2) is 0 Å². The number of rotatable bonds is 9. The highest BCUT2D eigenvalue weighted by Gasteiger charge is 2.42. The Morgan fingerprint density at radius 3 is 1.92 bits per heavy atom. The van der Waals surface area contributed by atoms with E-state index in [1.807, 2.05) is 0 Å². The first-order valence-electron chi connectivity index (χ1n) is 10.6. The Balaban J connectivity index is 2.15. The Hall–Kier alpha value is -1.08. The Morgan fingerprint density at radius 2 is 1.31 bits per heavy atom. The molecule has 0 heterocycles. The van der Waals surface area contributed by atoms with Crippen molar-refractivity contribution >= 4 is 15.9 Å². The summed E-state index contributed by atoms with van der Waals surface area (Å²) in [6.45, 7) is 6.93. The molecular weight excluding hydrogens is 380 g/mol. The molecule has 0 radical (unpaired) electrons. The fourth-order valence-electron chi connectivity index (χ4n) is 4.67. The largest absolute Gasteiger partial charge is 0.0654 e. The third-order valence-corrected chi connectivity index (χ3v) is 6.61. The maximum atomic E-state index is 3.75. The zero-order chi connectivity index (χ0) is 18.6. The van der Waals surface area contributed by atoms with Gasteiger partial charge in [-0.3, -0.25) is 0 Å². The maximum absolute atomic E-state index is 3.75. The Bertz CT molecular complexity index is 736. The standard InChI is InChI=1S/C25H33Br/c1-4-7-10-19-11-13-21-22-14-12-20(26)18-24(22)25(15-8-5-2,16-9-6-3)23(21)17-19/h11-14,17-18H,4-10,15-16H2,1-3H3. The molecular formula is C25H33Br. The van der Waals surface area contributed by atoms with Crippen LogP contribution in [0.2, 0.25) is 0 Å². The van der Waals surface area contributed by atoms with Gasteiger partial charge in [-0.25, -0.2) is 0 Å². The van der Waals surface area contributed by atoms with Crippen LogP contribution in [0.1, 0.15) is 88.8 Å². The number of hydrogen-bond acceptors (Lipinski definition) is 0. The van der Waals surface area contributed by atoms with Gasteiger partial charge in [0, 0.05) is 9.89 Å². The summed E-state index contributed by atoms with van der Waals surface area (Å²) >= 11 is 3.75. The van der Waals surface area contributed by atoms with Gasteiger partial charge in [0.15, 0.2) is 0 Å². The molecule has 0 aromatic heterocycles. The molecule has 140 valence electrons. The highest BCUT2D eigenvalue weighted by atomic mass is 79.9. The summed E-state index contributed by atoms with van der Waals surface area (Å²) in [6, 6.07) is 14.3. The first kappa shape index (κ1) is 19.7. The fraction of sp³-hybridized carbons (Fsp3) is 0.520. The van der Waals surface area contributed by atoms with Gasteiger partial charge in [-0.15, -0.1) is 0 Å². The van der Waals surface area contributed by atoms with Crippen molar-refractivity contribution in [1.29, 1.82) is 0 Å². The van der Waals surface area contributed by atoms with Crippen molar-refractivity contribution in [3.05, 3.63) is 57.6 Å². The number of unbranched alkanes of at least 4 members (excludes halogenated alkanes) is 3. The molecule has 0 spiro atoms. The fourth-order valence-corrected chi connectivity index (χ4v) is 5.03. The summed E-state index contributed by atoms with van der Waals surface area (Å²) in [5, 5.41) is 0. The number of halogens is 1. The van der Waals surface area contributed by atoms with Crippen LogP contribution in [0.5, 0.6) is 0 Å². The van der Waals surface area contributed by atoms with Gasteiger partial charge in [0.25, 0.3) is 0 Å². The van der Waals surface area contributed by atoms with Gasteiger partial charge in [-0.1, -0.05) is 93.1 Å². The van der Waals surface area contributed by atoms with Gasteiger partial charge in [-0.2, -0.15) is 0 Å². The molecule has 1 aliphatic rings. The van der Waals surface area contributed by atoms with Crippen molar-refractivity contribution in [1.82, 2.24) is 0 Å². The predicted molar refractivity (Wildman–Crippen MR) is 118 cm³/mol. The number of benzene rings is 2. The zero-order valence-corrected chi connectivity index (χ0v) is 18.3. The van der Waals surface area contributed by atoms with E-state index in [0.717, 1.165) is 0 Å². The van der Waals surface area contributed by atoms with Crippen molar-refractivity contribution in [2.45, 2.75) is 84.0 Å². The van der Waals surface area contributed by atoms with Crippen molar-refractivity contribution < 1.29 is 0 Å². The lowest BCUT2D eigenvalue weighted by Gasteiger charge is -2.33. The zero-order valence-electron chi connectivity index (χ0n) is 16.7. The van der Waals surface area contributed by atoms with Crippen molar-refractivity contribution in [2.24, 2.45) is 0 Å². The summed E-state index contributed by atoms with van der Waals surface area (Å²) in [7, 11) is 0. The van der Waals surface area contributed by atoms with Crippen molar-refractivity contribution in [3.63, 3.8) is 0 Å². The molecule has 1 heteroatoms. The van der Waals surface area contributed by atoms with E-state index in [2.05, 4.69) is 73.1 Å². The first-order chi connectivity index (χ1) is 12.7. The van der Waals surface area contributed by atoms with Gasteiger partial charge >= 0.3 is 0 Å². The van der Waals surface area contributed by atoms with E-state index in [4.69, 9.17) is 0 Å². The minimum atomic E-state index is 0.211. The molecule has 0 amide bonds. The van der Waals surface area contributed by atoms with Crippen LogP contribution in [0.3, 0.4) is 0 Å². The average Bonchev–Trinajstić information content (AvgIpc) is 2.92. The molecule has 0 saturated heterocycles. The van der Waals surface area contributed by atoms with E-state index in [0.29, 0.717) is 0 Å². The molecule has 0 atom stereocenters. The molecule has 1 aliphatic carbocycles. The van der Waals surface area contributed by atoms with E-state index in [1.165, 1.54) is 79.0 Å². The molecule has 26 heavy (non-hydrogen) atoms. The minimum Gasteiger partial charge on any atom is -0.0654 e. The SMILES string of the molecule is CCCCc1ccc2c(c1)C(CCCC)(CCCC)c1cc(Br)ccc1-2. The van der Waals surface area contributed by atoms with Crippen LogP contribution in [0.25, 0.3) is 11.1 Å². The van der Waals surface area contributed by atoms with E-state index in [-0.39, 0.29) is 5.41 Å². The van der Waals surface area contributed by atoms with E-state index in [9.17, 15) is 0 Å². The van der Waals surface area contributed by atoms with Crippen LogP contribution in [0, 0.1) is 0 Å². The average molecular weight is 413 g/mol. The second-order valence-electron chi connectivity index (χ2n) is 7.96. The van der Waals surface area contributed by atoms with Crippen LogP contribution in [0.4, 0.5) is 0 Å². The molecule has 0 fully saturated rings. The van der Waals surface area contributed by atoms with E-state index >= 15 is 0 Å². The van der Waals surface area contributed by atoms with Crippen LogP contribution >= 0.6 is 15.9 Å². The third-order valence-electron chi connectivity index (χ3n) is 6.12. The molecule has 2 aromatic carbocycles. The normalized spacial score (nSPS) is 14.3. The van der Waals surface area contributed by atoms with Crippen LogP contribution < -0.4 is 0 Å². The summed E-state index contributed by atoms with van der Waals surface area (Å²) in [5.74, 6) is 0.